The van der Waals surface area contributed by atoms with Gasteiger partial charge in [0.05, 0.1) is 6.61 Å². The maximum absolute atomic E-state index is 14.0. The van der Waals surface area contributed by atoms with Gasteiger partial charge < -0.3 is 19.3 Å². The van der Waals surface area contributed by atoms with Crippen molar-refractivity contribution in [1.82, 2.24) is 0 Å². The van der Waals surface area contributed by atoms with Gasteiger partial charge in [0, 0.05) is 13.2 Å². The topological polar surface area (TPSA) is 47.9 Å². The first-order chi connectivity index (χ1) is 10.0. The van der Waals surface area contributed by atoms with Gasteiger partial charge in [-0.05, 0) is 12.8 Å². The predicted molar refractivity (Wildman–Crippen MR) is 75.4 cm³/mol. The average molecular weight is 310 g/mol. The van der Waals surface area contributed by atoms with E-state index in [4.69, 9.17) is 14.2 Å². The van der Waals surface area contributed by atoms with Crippen molar-refractivity contribution in [2.24, 2.45) is 0 Å². The summed E-state index contributed by atoms with van der Waals surface area (Å²) in [6, 6.07) is 0. The summed E-state index contributed by atoms with van der Waals surface area (Å²) in [6.45, 7) is 4.68. The molecule has 0 saturated carbocycles. The highest BCUT2D eigenvalue weighted by Crippen LogP contribution is 2.34. The van der Waals surface area contributed by atoms with Crippen molar-refractivity contribution >= 4 is 0 Å². The first-order valence-corrected chi connectivity index (χ1v) is 7.94. The lowest BCUT2D eigenvalue weighted by Crippen LogP contribution is -2.59. The van der Waals surface area contributed by atoms with Gasteiger partial charge in [0.1, 0.15) is 6.10 Å². The van der Waals surface area contributed by atoms with Crippen LogP contribution in [0.25, 0.3) is 0 Å². The highest BCUT2D eigenvalue weighted by atomic mass is 19.3. The molecule has 0 radical (unpaired) electrons. The van der Waals surface area contributed by atoms with E-state index in [2.05, 4.69) is 6.92 Å². The maximum Gasteiger partial charge on any atom is 0.325 e. The fourth-order valence-electron chi connectivity index (χ4n) is 2.28. The molecule has 1 saturated heterocycles. The number of alkyl halides is 2. The van der Waals surface area contributed by atoms with Crippen LogP contribution in [0.4, 0.5) is 8.78 Å². The lowest BCUT2D eigenvalue weighted by molar-refractivity contribution is -0.334. The zero-order valence-corrected chi connectivity index (χ0v) is 13.0. The minimum Gasteiger partial charge on any atom is -0.373 e. The second-order valence-corrected chi connectivity index (χ2v) is 5.48. The number of hydrogen-bond acceptors (Lipinski definition) is 4. The molecule has 0 aromatic heterocycles. The number of rotatable bonds is 10. The van der Waals surface area contributed by atoms with Crippen molar-refractivity contribution in [3.05, 3.63) is 0 Å². The van der Waals surface area contributed by atoms with Crippen molar-refractivity contribution in [1.29, 1.82) is 0 Å². The molecule has 0 aromatic carbocycles. The molecule has 1 unspecified atom stereocenters. The van der Waals surface area contributed by atoms with Crippen molar-refractivity contribution < 1.29 is 28.1 Å². The van der Waals surface area contributed by atoms with E-state index in [1.165, 1.54) is 0 Å². The van der Waals surface area contributed by atoms with Crippen LogP contribution in [0, 0.1) is 0 Å². The van der Waals surface area contributed by atoms with E-state index in [9.17, 15) is 13.9 Å². The van der Waals surface area contributed by atoms with Gasteiger partial charge in [-0.3, -0.25) is 0 Å². The summed E-state index contributed by atoms with van der Waals surface area (Å²) in [7, 11) is 0. The minimum absolute atomic E-state index is 0.0681. The Balaban J connectivity index is 2.52. The Morgan fingerprint density at radius 3 is 2.19 bits per heavy atom. The summed E-state index contributed by atoms with van der Waals surface area (Å²) in [4.78, 5) is 0. The van der Waals surface area contributed by atoms with Crippen LogP contribution in [0.3, 0.4) is 0 Å². The van der Waals surface area contributed by atoms with Crippen LogP contribution < -0.4 is 0 Å². The summed E-state index contributed by atoms with van der Waals surface area (Å²) in [5.74, 6) is -3.44. The van der Waals surface area contributed by atoms with E-state index in [-0.39, 0.29) is 13.2 Å². The number of ether oxygens (including phenoxy) is 3. The van der Waals surface area contributed by atoms with Crippen molar-refractivity contribution in [3.63, 3.8) is 0 Å². The van der Waals surface area contributed by atoms with Gasteiger partial charge in [-0.2, -0.15) is 8.78 Å². The standard InChI is InChI=1S/C15H28F2O4/c1-3-5-7-9-19-12-11-21-14(18)15(16,17)13(12)20-10-8-6-4-2/h12-14,18H,3-11H2,1-2H3/t12-,13-,14?/m1/s1. The molecule has 0 aliphatic carbocycles. The van der Waals surface area contributed by atoms with Crippen LogP contribution in [0.1, 0.15) is 52.4 Å². The summed E-state index contributed by atoms with van der Waals surface area (Å²) >= 11 is 0. The fourth-order valence-corrected chi connectivity index (χ4v) is 2.28. The fraction of sp³-hybridized carbons (Fsp3) is 1.00. The van der Waals surface area contributed by atoms with Crippen molar-refractivity contribution in [3.8, 4) is 0 Å². The summed E-state index contributed by atoms with van der Waals surface area (Å²) in [6.07, 6.45) is 1.11. The number of unbranched alkanes of at least 4 members (excludes halogenated alkanes) is 4. The molecule has 1 aliphatic heterocycles. The number of hydrogen-bond donors (Lipinski definition) is 1. The van der Waals surface area contributed by atoms with Crippen LogP contribution in [0.5, 0.6) is 0 Å². The Hall–Kier alpha value is -0.300. The smallest absolute Gasteiger partial charge is 0.325 e. The van der Waals surface area contributed by atoms with E-state index in [1.54, 1.807) is 0 Å². The highest BCUT2D eigenvalue weighted by molar-refractivity contribution is 4.91. The molecule has 0 spiro atoms. The molecular weight excluding hydrogens is 282 g/mol. The van der Waals surface area contributed by atoms with Crippen molar-refractivity contribution in [2.75, 3.05) is 19.8 Å². The maximum atomic E-state index is 14.0. The first-order valence-electron chi connectivity index (χ1n) is 7.94. The van der Waals surface area contributed by atoms with Gasteiger partial charge in [0.25, 0.3) is 0 Å². The normalized spacial score (nSPS) is 28.7. The molecular formula is C15H28F2O4. The molecule has 1 rings (SSSR count). The Labute approximate surface area is 125 Å². The van der Waals surface area contributed by atoms with E-state index in [0.29, 0.717) is 6.61 Å². The Kier molecular flexibility index (Phi) is 8.63. The molecule has 3 atom stereocenters. The van der Waals surface area contributed by atoms with Crippen LogP contribution in [-0.2, 0) is 14.2 Å². The van der Waals surface area contributed by atoms with Crippen LogP contribution in [-0.4, -0.2) is 49.3 Å². The lowest BCUT2D eigenvalue weighted by Gasteiger charge is -2.40. The largest absolute Gasteiger partial charge is 0.373 e. The Morgan fingerprint density at radius 2 is 1.62 bits per heavy atom. The van der Waals surface area contributed by atoms with E-state index in [1.807, 2.05) is 6.92 Å². The number of aliphatic hydroxyl groups is 1. The van der Waals surface area contributed by atoms with Gasteiger partial charge in [-0.15, -0.1) is 0 Å². The predicted octanol–water partition coefficient (Wildman–Crippen LogP) is 3.12. The van der Waals surface area contributed by atoms with Gasteiger partial charge >= 0.3 is 5.92 Å². The zero-order valence-electron chi connectivity index (χ0n) is 13.0. The van der Waals surface area contributed by atoms with Crippen LogP contribution in [0.2, 0.25) is 0 Å². The molecule has 1 fully saturated rings. The van der Waals surface area contributed by atoms with Gasteiger partial charge in [0.15, 0.2) is 6.10 Å². The molecule has 0 amide bonds. The highest BCUT2D eigenvalue weighted by Gasteiger charge is 2.56. The van der Waals surface area contributed by atoms with Crippen LogP contribution >= 0.6 is 0 Å². The number of halogens is 2. The van der Waals surface area contributed by atoms with E-state index < -0.39 is 24.4 Å². The molecule has 1 N–H and O–H groups in total. The summed E-state index contributed by atoms with van der Waals surface area (Å²) < 4.78 is 43.6. The van der Waals surface area contributed by atoms with Gasteiger partial charge in [-0.25, -0.2) is 0 Å². The SMILES string of the molecule is CCCCCO[C@@H]1[C@H](OCCCCC)COC(O)C1(F)F. The van der Waals surface area contributed by atoms with E-state index >= 15 is 0 Å². The third-order valence-corrected chi connectivity index (χ3v) is 3.59. The monoisotopic (exact) mass is 310 g/mol. The molecule has 1 aliphatic rings. The molecule has 126 valence electrons. The Morgan fingerprint density at radius 1 is 1.05 bits per heavy atom. The lowest BCUT2D eigenvalue weighted by atomic mass is 10.0. The second-order valence-electron chi connectivity index (χ2n) is 5.48. The second kappa shape index (κ2) is 9.66. The molecule has 1 heterocycles. The molecule has 21 heavy (non-hydrogen) atoms. The third-order valence-electron chi connectivity index (χ3n) is 3.59. The molecule has 0 aromatic rings. The minimum atomic E-state index is -3.44. The first kappa shape index (κ1) is 18.7. The molecule has 6 heteroatoms. The third kappa shape index (κ3) is 5.77. The number of aliphatic hydroxyl groups excluding tert-OH is 1. The zero-order chi connectivity index (χ0) is 15.7. The molecule has 4 nitrogen and oxygen atoms in total. The van der Waals surface area contributed by atoms with E-state index in [0.717, 1.165) is 38.5 Å². The summed E-state index contributed by atoms with van der Waals surface area (Å²) in [5.41, 5.74) is 0. The average Bonchev–Trinajstić information content (AvgIpc) is 2.45. The van der Waals surface area contributed by atoms with Crippen molar-refractivity contribution in [2.45, 2.75) is 76.8 Å². The van der Waals surface area contributed by atoms with Gasteiger partial charge in [0.2, 0.25) is 6.29 Å². The Bertz CT molecular complexity index is 276. The van der Waals surface area contributed by atoms with Crippen LogP contribution in [0.15, 0.2) is 0 Å². The summed E-state index contributed by atoms with van der Waals surface area (Å²) in [5, 5.41) is 9.33. The molecule has 0 bridgehead atoms. The van der Waals surface area contributed by atoms with Gasteiger partial charge in [-0.1, -0.05) is 39.5 Å². The quantitative estimate of drug-likeness (QED) is 0.630.